The molecule has 0 saturated heterocycles. The Labute approximate surface area is 178 Å². The average molecular weight is 434 g/mol. The molecule has 0 bridgehead atoms. The lowest BCUT2D eigenvalue weighted by Crippen LogP contribution is -2.34. The van der Waals surface area contributed by atoms with Crippen LogP contribution in [-0.2, 0) is 9.36 Å². The van der Waals surface area contributed by atoms with Gasteiger partial charge in [-0.1, -0.05) is 57.2 Å². The van der Waals surface area contributed by atoms with Gasteiger partial charge in [0, 0.05) is 12.5 Å². The molecule has 0 spiro atoms. The molecule has 30 heavy (non-hydrogen) atoms. The second kappa shape index (κ2) is 11.3. The van der Waals surface area contributed by atoms with Crippen molar-refractivity contribution < 1.29 is 28.6 Å². The number of hydrogen-bond donors (Lipinski definition) is 2. The van der Waals surface area contributed by atoms with Crippen LogP contribution in [0, 0.1) is 17.8 Å². The van der Waals surface area contributed by atoms with Gasteiger partial charge in [0.15, 0.2) is 5.78 Å². The van der Waals surface area contributed by atoms with E-state index in [1.165, 1.54) is 0 Å². The van der Waals surface area contributed by atoms with Crippen LogP contribution in [0.5, 0.6) is 11.5 Å². The first-order valence-electron chi connectivity index (χ1n) is 10.1. The minimum absolute atomic E-state index is 0.0183. The van der Waals surface area contributed by atoms with E-state index in [0.717, 1.165) is 0 Å². The SMILES string of the molecule is C[C@@H](CO)C[C@H](C)[C@H](O)[C@@H](C)C(=O)CP(=O)(Oc1ccccc1)Oc1ccccc1. The van der Waals surface area contributed by atoms with Gasteiger partial charge < -0.3 is 19.3 Å². The van der Waals surface area contributed by atoms with Crippen molar-refractivity contribution in [3.05, 3.63) is 60.7 Å². The van der Waals surface area contributed by atoms with Gasteiger partial charge in [0.2, 0.25) is 0 Å². The van der Waals surface area contributed by atoms with Crippen LogP contribution in [0.4, 0.5) is 0 Å². The summed E-state index contributed by atoms with van der Waals surface area (Å²) in [5.74, 6) is -0.661. The third-order valence-electron chi connectivity index (χ3n) is 5.01. The van der Waals surface area contributed by atoms with Crippen LogP contribution in [-0.4, -0.2) is 34.9 Å². The van der Waals surface area contributed by atoms with E-state index in [-0.39, 0.29) is 18.4 Å². The third-order valence-corrected chi connectivity index (χ3v) is 6.69. The fourth-order valence-corrected chi connectivity index (χ4v) is 4.96. The number of ketones is 1. The summed E-state index contributed by atoms with van der Waals surface area (Å²) in [6, 6.07) is 17.1. The average Bonchev–Trinajstić information content (AvgIpc) is 2.73. The van der Waals surface area contributed by atoms with Crippen LogP contribution in [0.3, 0.4) is 0 Å². The number of benzene rings is 2. The number of para-hydroxylation sites is 2. The van der Waals surface area contributed by atoms with E-state index in [4.69, 9.17) is 9.05 Å². The number of rotatable bonds is 12. The molecule has 0 fully saturated rings. The second-order valence-corrected chi connectivity index (χ2v) is 9.73. The quantitative estimate of drug-likeness (QED) is 0.476. The Hall–Kier alpha value is -2.14. The van der Waals surface area contributed by atoms with Gasteiger partial charge >= 0.3 is 7.60 Å². The summed E-state index contributed by atoms with van der Waals surface area (Å²) in [5, 5.41) is 19.8. The Bertz CT molecular complexity index is 781. The zero-order valence-corrected chi connectivity index (χ0v) is 18.6. The zero-order chi connectivity index (χ0) is 22.1. The predicted molar refractivity (Wildman–Crippen MR) is 117 cm³/mol. The number of hydrogen-bond acceptors (Lipinski definition) is 6. The van der Waals surface area contributed by atoms with Crippen LogP contribution >= 0.6 is 7.60 Å². The zero-order valence-electron chi connectivity index (χ0n) is 17.7. The summed E-state index contributed by atoms with van der Waals surface area (Å²) < 4.78 is 24.8. The number of aliphatic hydroxyl groups is 2. The largest absolute Gasteiger partial charge is 0.438 e. The van der Waals surface area contributed by atoms with E-state index < -0.39 is 31.6 Å². The number of carbonyl (C=O) groups excluding carboxylic acids is 1. The maximum Gasteiger partial charge on any atom is 0.438 e. The van der Waals surface area contributed by atoms with Crippen molar-refractivity contribution in [2.45, 2.75) is 33.3 Å². The number of Topliss-reactive ketones (excluding diaryl/α,β-unsaturated/α-hetero) is 1. The Morgan fingerprint density at radius 2 is 1.40 bits per heavy atom. The summed E-state index contributed by atoms with van der Waals surface area (Å²) >= 11 is 0. The molecular weight excluding hydrogens is 403 g/mol. The van der Waals surface area contributed by atoms with E-state index in [9.17, 15) is 19.6 Å². The summed E-state index contributed by atoms with van der Waals surface area (Å²) in [4.78, 5) is 12.9. The van der Waals surface area contributed by atoms with Crippen molar-refractivity contribution in [3.63, 3.8) is 0 Å². The van der Waals surface area contributed by atoms with Crippen LogP contribution in [0.1, 0.15) is 27.2 Å². The van der Waals surface area contributed by atoms with E-state index in [0.29, 0.717) is 17.9 Å². The highest BCUT2D eigenvalue weighted by molar-refractivity contribution is 7.55. The molecule has 4 atom stereocenters. The van der Waals surface area contributed by atoms with Gasteiger partial charge in [0.05, 0.1) is 6.10 Å². The van der Waals surface area contributed by atoms with E-state index in [2.05, 4.69) is 0 Å². The standard InChI is InChI=1S/C23H31O6P/c1-17(15-24)14-18(2)23(26)19(3)22(25)16-30(27,28-20-10-6-4-7-11-20)29-21-12-8-5-9-13-21/h4-13,17-19,23-24,26H,14-16H2,1-3H3/t17-,18+,19+,23+/m1/s1. The fraction of sp³-hybridized carbons (Fsp3) is 0.435. The lowest BCUT2D eigenvalue weighted by molar-refractivity contribution is -0.124. The van der Waals surface area contributed by atoms with E-state index >= 15 is 0 Å². The van der Waals surface area contributed by atoms with Crippen LogP contribution in [0.25, 0.3) is 0 Å². The van der Waals surface area contributed by atoms with Crippen LogP contribution < -0.4 is 9.05 Å². The lowest BCUT2D eigenvalue weighted by Gasteiger charge is -2.27. The monoisotopic (exact) mass is 434 g/mol. The third kappa shape index (κ3) is 7.28. The molecule has 0 unspecified atom stereocenters. The maximum absolute atomic E-state index is 13.5. The van der Waals surface area contributed by atoms with E-state index in [1.807, 2.05) is 13.8 Å². The van der Waals surface area contributed by atoms with Gasteiger partial charge in [-0.05, 0) is 42.5 Å². The van der Waals surface area contributed by atoms with Gasteiger partial charge in [-0.3, -0.25) is 4.79 Å². The molecule has 0 aliphatic rings. The molecule has 164 valence electrons. The highest BCUT2D eigenvalue weighted by atomic mass is 31.2. The van der Waals surface area contributed by atoms with Gasteiger partial charge in [-0.2, -0.15) is 0 Å². The molecule has 0 aliphatic heterocycles. The first-order chi connectivity index (χ1) is 14.2. The first kappa shape index (κ1) is 24.1. The van der Waals surface area contributed by atoms with Crippen molar-refractivity contribution in [3.8, 4) is 11.5 Å². The van der Waals surface area contributed by atoms with Crippen molar-refractivity contribution in [1.82, 2.24) is 0 Å². The Kier molecular flexibility index (Phi) is 9.09. The fourth-order valence-electron chi connectivity index (χ4n) is 3.23. The predicted octanol–water partition coefficient (Wildman–Crippen LogP) is 4.56. The smallest absolute Gasteiger partial charge is 0.416 e. The van der Waals surface area contributed by atoms with Crippen molar-refractivity contribution >= 4 is 13.4 Å². The summed E-state index contributed by atoms with van der Waals surface area (Å²) in [6.45, 7) is 5.35. The molecule has 2 aromatic rings. The Morgan fingerprint density at radius 3 is 1.83 bits per heavy atom. The number of carbonyl (C=O) groups is 1. The van der Waals surface area contributed by atoms with Gasteiger partial charge in [-0.15, -0.1) is 0 Å². The van der Waals surface area contributed by atoms with Crippen LogP contribution in [0.15, 0.2) is 60.7 Å². The molecule has 0 aromatic heterocycles. The van der Waals surface area contributed by atoms with Crippen molar-refractivity contribution in [1.29, 1.82) is 0 Å². The molecule has 0 aliphatic carbocycles. The van der Waals surface area contributed by atoms with Crippen LogP contribution in [0.2, 0.25) is 0 Å². The summed E-state index contributed by atoms with van der Waals surface area (Å²) in [5.41, 5.74) is 0. The Balaban J connectivity index is 2.15. The maximum atomic E-state index is 13.5. The molecule has 6 nitrogen and oxygen atoms in total. The minimum Gasteiger partial charge on any atom is -0.416 e. The molecular formula is C23H31O6P. The highest BCUT2D eigenvalue weighted by Gasteiger charge is 2.37. The van der Waals surface area contributed by atoms with E-state index in [1.54, 1.807) is 67.6 Å². The number of aliphatic hydroxyl groups excluding tert-OH is 2. The highest BCUT2D eigenvalue weighted by Crippen LogP contribution is 2.49. The first-order valence-corrected chi connectivity index (χ1v) is 11.9. The normalized spacial score (nSPS) is 15.6. The van der Waals surface area contributed by atoms with Crippen molar-refractivity contribution in [2.75, 3.05) is 12.8 Å². The molecule has 0 saturated carbocycles. The van der Waals surface area contributed by atoms with Crippen molar-refractivity contribution in [2.24, 2.45) is 17.8 Å². The molecule has 2 rings (SSSR count). The summed E-state index contributed by atoms with van der Waals surface area (Å²) in [6.07, 6.45) is -0.806. The minimum atomic E-state index is -3.88. The summed E-state index contributed by atoms with van der Waals surface area (Å²) in [7, 11) is -3.88. The lowest BCUT2D eigenvalue weighted by atomic mass is 9.85. The molecule has 2 N–H and O–H groups in total. The molecule has 7 heteroatoms. The molecule has 0 heterocycles. The van der Waals surface area contributed by atoms with Gasteiger partial charge in [-0.25, -0.2) is 4.57 Å². The molecule has 2 aromatic carbocycles. The second-order valence-electron chi connectivity index (χ2n) is 7.82. The Morgan fingerprint density at radius 1 is 0.933 bits per heavy atom. The topological polar surface area (TPSA) is 93.1 Å². The van der Waals surface area contributed by atoms with Gasteiger partial charge in [0.25, 0.3) is 0 Å². The van der Waals surface area contributed by atoms with Gasteiger partial charge in [0.1, 0.15) is 17.7 Å². The molecule has 0 amide bonds. The molecule has 0 radical (unpaired) electrons.